The molecule has 126 valence electrons. The highest BCUT2D eigenvalue weighted by molar-refractivity contribution is 7.91. The zero-order chi connectivity index (χ0) is 17.4. The van der Waals surface area contributed by atoms with Crippen LogP contribution in [0.15, 0.2) is 59.1 Å². The van der Waals surface area contributed by atoms with E-state index in [0.717, 1.165) is 32.5 Å². The van der Waals surface area contributed by atoms with E-state index < -0.39 is 9.84 Å². The minimum atomic E-state index is -3.26. The molecule has 2 aromatic heterocycles. The Labute approximate surface area is 149 Å². The second-order valence-corrected chi connectivity index (χ2v) is 8.77. The van der Waals surface area contributed by atoms with Gasteiger partial charge in [0.15, 0.2) is 9.84 Å². The van der Waals surface area contributed by atoms with Crippen molar-refractivity contribution in [3.63, 3.8) is 0 Å². The molecule has 0 saturated carbocycles. The Kier molecular flexibility index (Phi) is 3.89. The molecular formula is C18H15N3O2S2. The molecule has 0 amide bonds. The molecule has 5 nitrogen and oxygen atoms in total. The predicted molar refractivity (Wildman–Crippen MR) is 102 cm³/mol. The Hall–Kier alpha value is -2.51. The molecule has 0 bridgehead atoms. The normalized spacial score (nSPS) is 11.9. The summed E-state index contributed by atoms with van der Waals surface area (Å²) in [5.41, 5.74) is 5.21. The Morgan fingerprint density at radius 3 is 2.76 bits per heavy atom. The van der Waals surface area contributed by atoms with Gasteiger partial charge in [-0.3, -0.25) is 4.98 Å². The third-order valence-corrected chi connectivity index (χ3v) is 6.60. The van der Waals surface area contributed by atoms with Crippen molar-refractivity contribution < 1.29 is 8.42 Å². The Morgan fingerprint density at radius 1 is 1.04 bits per heavy atom. The minimum absolute atomic E-state index is 0.0715. The van der Waals surface area contributed by atoms with E-state index in [1.54, 1.807) is 42.7 Å². The summed E-state index contributed by atoms with van der Waals surface area (Å²) in [4.78, 5) is 8.97. The van der Waals surface area contributed by atoms with E-state index >= 15 is 0 Å². The molecule has 0 aliphatic rings. The molecule has 4 rings (SSSR count). The van der Waals surface area contributed by atoms with Crippen LogP contribution in [0.1, 0.15) is 6.92 Å². The molecule has 4 aromatic rings. The molecule has 2 heterocycles. The highest BCUT2D eigenvalue weighted by Gasteiger charge is 2.13. The van der Waals surface area contributed by atoms with Gasteiger partial charge in [0.1, 0.15) is 0 Å². The SMILES string of the molecule is CCS(=O)(=O)c1ccc2nccc(Nc3ccc4scnc4c3)c2c1. The molecule has 0 unspecified atom stereocenters. The largest absolute Gasteiger partial charge is 0.355 e. The van der Waals surface area contributed by atoms with Crippen molar-refractivity contribution in [1.29, 1.82) is 0 Å². The summed E-state index contributed by atoms with van der Waals surface area (Å²) >= 11 is 1.60. The maximum atomic E-state index is 12.2. The van der Waals surface area contributed by atoms with Crippen LogP contribution in [0, 0.1) is 0 Å². The first-order valence-corrected chi connectivity index (χ1v) is 10.3. The van der Waals surface area contributed by atoms with Crippen molar-refractivity contribution in [3.8, 4) is 0 Å². The number of nitrogens with zero attached hydrogens (tertiary/aromatic N) is 2. The summed E-state index contributed by atoms with van der Waals surface area (Å²) in [6.45, 7) is 1.64. The molecule has 0 atom stereocenters. The van der Waals surface area contributed by atoms with E-state index in [1.165, 1.54) is 0 Å². The molecule has 0 aliphatic carbocycles. The van der Waals surface area contributed by atoms with Crippen LogP contribution >= 0.6 is 11.3 Å². The van der Waals surface area contributed by atoms with Crippen molar-refractivity contribution >= 4 is 53.7 Å². The average Bonchev–Trinajstić information content (AvgIpc) is 3.09. The van der Waals surface area contributed by atoms with Crippen molar-refractivity contribution in [3.05, 3.63) is 54.2 Å². The molecule has 0 fully saturated rings. The van der Waals surface area contributed by atoms with Crippen LogP contribution in [-0.4, -0.2) is 24.1 Å². The number of rotatable bonds is 4. The van der Waals surface area contributed by atoms with Gasteiger partial charge < -0.3 is 5.32 Å². The molecule has 2 aromatic carbocycles. The fourth-order valence-electron chi connectivity index (χ4n) is 2.69. The smallest absolute Gasteiger partial charge is 0.178 e. The maximum absolute atomic E-state index is 12.2. The van der Waals surface area contributed by atoms with Crippen molar-refractivity contribution in [2.45, 2.75) is 11.8 Å². The van der Waals surface area contributed by atoms with E-state index in [9.17, 15) is 8.42 Å². The van der Waals surface area contributed by atoms with Gasteiger partial charge >= 0.3 is 0 Å². The topological polar surface area (TPSA) is 72.0 Å². The van der Waals surface area contributed by atoms with E-state index in [1.807, 2.05) is 29.8 Å². The number of pyridine rings is 1. The number of hydrogen-bond acceptors (Lipinski definition) is 6. The number of sulfone groups is 1. The lowest BCUT2D eigenvalue weighted by atomic mass is 10.2. The van der Waals surface area contributed by atoms with Crippen LogP contribution in [0.25, 0.3) is 21.1 Å². The lowest BCUT2D eigenvalue weighted by Gasteiger charge is -2.11. The lowest BCUT2D eigenvalue weighted by molar-refractivity contribution is 0.597. The van der Waals surface area contributed by atoms with Gasteiger partial charge in [-0.1, -0.05) is 6.92 Å². The van der Waals surface area contributed by atoms with E-state index in [-0.39, 0.29) is 5.75 Å². The Morgan fingerprint density at radius 2 is 1.92 bits per heavy atom. The highest BCUT2D eigenvalue weighted by Crippen LogP contribution is 2.29. The van der Waals surface area contributed by atoms with E-state index in [2.05, 4.69) is 15.3 Å². The molecule has 0 radical (unpaired) electrons. The molecule has 1 N–H and O–H groups in total. The van der Waals surface area contributed by atoms with Crippen LogP contribution in [0.4, 0.5) is 11.4 Å². The highest BCUT2D eigenvalue weighted by atomic mass is 32.2. The molecule has 25 heavy (non-hydrogen) atoms. The zero-order valence-electron chi connectivity index (χ0n) is 13.4. The fourth-order valence-corrected chi connectivity index (χ4v) is 4.25. The van der Waals surface area contributed by atoms with Crippen LogP contribution < -0.4 is 5.32 Å². The maximum Gasteiger partial charge on any atom is 0.178 e. The van der Waals surface area contributed by atoms with Crippen LogP contribution in [0.3, 0.4) is 0 Å². The summed E-state index contributed by atoms with van der Waals surface area (Å²) in [6, 6.07) is 12.9. The molecule has 0 aliphatic heterocycles. The van der Waals surface area contributed by atoms with E-state index in [0.29, 0.717) is 4.90 Å². The summed E-state index contributed by atoms with van der Waals surface area (Å²) < 4.78 is 25.5. The standard InChI is InChI=1S/C18H15N3O2S2/c1-2-25(22,23)13-4-5-15-14(10-13)16(7-8-19-15)21-12-3-6-18-17(9-12)20-11-24-18/h3-11H,2H2,1H3,(H,19,21). The van der Waals surface area contributed by atoms with Gasteiger partial charge in [0.2, 0.25) is 0 Å². The summed E-state index contributed by atoms with van der Waals surface area (Å²) in [5, 5.41) is 4.13. The third-order valence-electron chi connectivity index (χ3n) is 4.06. The number of nitrogens with one attached hydrogen (secondary N) is 1. The first-order valence-electron chi connectivity index (χ1n) is 7.78. The quantitative estimate of drug-likeness (QED) is 0.578. The van der Waals surface area contributed by atoms with Gasteiger partial charge in [-0.05, 0) is 42.5 Å². The average molecular weight is 369 g/mol. The minimum Gasteiger partial charge on any atom is -0.355 e. The summed E-state index contributed by atoms with van der Waals surface area (Å²) in [6.07, 6.45) is 1.71. The van der Waals surface area contributed by atoms with Crippen molar-refractivity contribution in [1.82, 2.24) is 9.97 Å². The third kappa shape index (κ3) is 2.96. The first-order chi connectivity index (χ1) is 12.1. The first kappa shape index (κ1) is 16.0. The number of hydrogen-bond donors (Lipinski definition) is 1. The Balaban J connectivity index is 1.81. The second-order valence-electron chi connectivity index (χ2n) is 5.60. The van der Waals surface area contributed by atoms with Gasteiger partial charge in [-0.2, -0.15) is 0 Å². The van der Waals surface area contributed by atoms with Gasteiger partial charge in [0.05, 0.1) is 31.9 Å². The monoisotopic (exact) mass is 369 g/mol. The Bertz CT molecular complexity index is 1180. The number of benzene rings is 2. The van der Waals surface area contributed by atoms with Crippen molar-refractivity contribution in [2.24, 2.45) is 0 Å². The molecular weight excluding hydrogens is 354 g/mol. The molecule has 0 saturated heterocycles. The number of thiazole rings is 1. The van der Waals surface area contributed by atoms with Crippen LogP contribution in [0.2, 0.25) is 0 Å². The molecule has 7 heteroatoms. The van der Waals surface area contributed by atoms with Crippen molar-refractivity contribution in [2.75, 3.05) is 11.1 Å². The lowest BCUT2D eigenvalue weighted by Crippen LogP contribution is -2.03. The second kappa shape index (κ2) is 6.09. The van der Waals surface area contributed by atoms with Crippen LogP contribution in [-0.2, 0) is 9.84 Å². The molecule has 0 spiro atoms. The van der Waals surface area contributed by atoms with Gasteiger partial charge in [-0.15, -0.1) is 11.3 Å². The number of aromatic nitrogens is 2. The van der Waals surface area contributed by atoms with Gasteiger partial charge in [0, 0.05) is 23.0 Å². The summed E-state index contributed by atoms with van der Waals surface area (Å²) in [5.74, 6) is 0.0715. The number of fused-ring (bicyclic) bond motifs is 2. The fraction of sp³-hybridized carbons (Fsp3) is 0.111. The van der Waals surface area contributed by atoms with Gasteiger partial charge in [0.25, 0.3) is 0 Å². The zero-order valence-corrected chi connectivity index (χ0v) is 15.1. The van der Waals surface area contributed by atoms with Gasteiger partial charge in [-0.25, -0.2) is 13.4 Å². The van der Waals surface area contributed by atoms with Crippen LogP contribution in [0.5, 0.6) is 0 Å². The predicted octanol–water partition coefficient (Wildman–Crippen LogP) is 4.38. The number of anilines is 2. The summed E-state index contributed by atoms with van der Waals surface area (Å²) in [7, 11) is -3.26. The van der Waals surface area contributed by atoms with E-state index in [4.69, 9.17) is 0 Å².